The molecule has 0 aromatic carbocycles. The van der Waals surface area contributed by atoms with Crippen molar-refractivity contribution in [1.82, 2.24) is 5.32 Å². The molecule has 20 heavy (non-hydrogen) atoms. The van der Waals surface area contributed by atoms with Crippen LogP contribution in [0.1, 0.15) is 29.4 Å². The fourth-order valence-corrected chi connectivity index (χ4v) is 3.25. The van der Waals surface area contributed by atoms with Crippen LogP contribution >= 0.6 is 11.3 Å². The van der Waals surface area contributed by atoms with Crippen LogP contribution in [0.5, 0.6) is 0 Å². The number of furan rings is 1. The Hall–Kier alpha value is -1.81. The van der Waals surface area contributed by atoms with Gasteiger partial charge in [0, 0.05) is 35.5 Å². The fourth-order valence-electron chi connectivity index (χ4n) is 2.54. The molecular weight excluding hydrogens is 270 g/mol. The molecule has 3 rings (SSSR count). The van der Waals surface area contributed by atoms with Crippen LogP contribution in [0.4, 0.5) is 0 Å². The zero-order chi connectivity index (χ0) is 13.8. The lowest BCUT2D eigenvalue weighted by molar-refractivity contribution is -0.115. The number of thiophene rings is 1. The van der Waals surface area contributed by atoms with Gasteiger partial charge >= 0.3 is 0 Å². The van der Waals surface area contributed by atoms with E-state index in [9.17, 15) is 4.79 Å². The average molecular weight is 287 g/mol. The number of allylic oxidation sites excluding steroid dienone is 2. The highest BCUT2D eigenvalue weighted by atomic mass is 32.1. The zero-order valence-electron chi connectivity index (χ0n) is 11.2. The fraction of sp³-hybridized carbons (Fsp3) is 0.312. The molecule has 0 radical (unpaired) electrons. The van der Waals surface area contributed by atoms with Crippen molar-refractivity contribution < 1.29 is 9.21 Å². The molecule has 4 heteroatoms. The minimum absolute atomic E-state index is 0.173. The van der Waals surface area contributed by atoms with E-state index in [0.717, 1.165) is 30.8 Å². The Morgan fingerprint density at radius 2 is 2.25 bits per heavy atom. The van der Waals surface area contributed by atoms with Crippen molar-refractivity contribution in [2.75, 3.05) is 6.54 Å². The van der Waals surface area contributed by atoms with Gasteiger partial charge in [-0.3, -0.25) is 4.79 Å². The highest BCUT2D eigenvalue weighted by Crippen LogP contribution is 2.30. The Balaban J connectivity index is 1.57. The second kappa shape index (κ2) is 6.09. The number of hydrogen-bond acceptors (Lipinski definition) is 4. The summed E-state index contributed by atoms with van der Waals surface area (Å²) in [5.41, 5.74) is 1.03. The summed E-state index contributed by atoms with van der Waals surface area (Å²) in [5, 5.41) is 5.48. The first-order valence-electron chi connectivity index (χ1n) is 6.84. The summed E-state index contributed by atoms with van der Waals surface area (Å²) in [7, 11) is 0. The third-order valence-corrected chi connectivity index (χ3v) is 4.43. The van der Waals surface area contributed by atoms with E-state index in [2.05, 4.69) is 22.8 Å². The molecule has 0 aliphatic heterocycles. The minimum atomic E-state index is 0.173. The SMILES string of the molecule is O=C1C=C(NCCc2cccs2)CC(c2ccco2)C1. The molecule has 1 unspecified atom stereocenters. The maximum Gasteiger partial charge on any atom is 0.158 e. The Bertz CT molecular complexity index is 584. The van der Waals surface area contributed by atoms with Crippen molar-refractivity contribution in [3.05, 3.63) is 58.3 Å². The van der Waals surface area contributed by atoms with Crippen molar-refractivity contribution in [3.63, 3.8) is 0 Å². The van der Waals surface area contributed by atoms with E-state index in [-0.39, 0.29) is 11.7 Å². The van der Waals surface area contributed by atoms with Crippen LogP contribution < -0.4 is 5.32 Å². The second-order valence-electron chi connectivity index (χ2n) is 5.01. The van der Waals surface area contributed by atoms with Crippen molar-refractivity contribution in [2.45, 2.75) is 25.2 Å². The summed E-state index contributed by atoms with van der Waals surface area (Å²) in [6.07, 6.45) is 5.80. The van der Waals surface area contributed by atoms with Gasteiger partial charge in [-0.25, -0.2) is 0 Å². The summed E-state index contributed by atoms with van der Waals surface area (Å²) in [6, 6.07) is 8.03. The lowest BCUT2D eigenvalue weighted by atomic mass is 9.89. The van der Waals surface area contributed by atoms with Crippen LogP contribution in [0.2, 0.25) is 0 Å². The average Bonchev–Trinajstić information content (AvgIpc) is 3.11. The summed E-state index contributed by atoms with van der Waals surface area (Å²) in [5.74, 6) is 1.26. The number of rotatable bonds is 5. The van der Waals surface area contributed by atoms with Gasteiger partial charge < -0.3 is 9.73 Å². The Labute approximate surface area is 122 Å². The molecule has 0 bridgehead atoms. The molecule has 1 aliphatic rings. The summed E-state index contributed by atoms with van der Waals surface area (Å²) >= 11 is 1.77. The van der Waals surface area contributed by atoms with E-state index in [4.69, 9.17) is 4.42 Å². The highest BCUT2D eigenvalue weighted by molar-refractivity contribution is 7.09. The van der Waals surface area contributed by atoms with Crippen molar-refractivity contribution in [1.29, 1.82) is 0 Å². The van der Waals surface area contributed by atoms with Crippen LogP contribution in [0, 0.1) is 0 Å². The first kappa shape index (κ1) is 13.2. The Morgan fingerprint density at radius 3 is 3.00 bits per heavy atom. The van der Waals surface area contributed by atoms with Gasteiger partial charge in [0.05, 0.1) is 6.26 Å². The molecule has 1 atom stereocenters. The highest BCUT2D eigenvalue weighted by Gasteiger charge is 2.23. The van der Waals surface area contributed by atoms with E-state index < -0.39 is 0 Å². The molecule has 0 fully saturated rings. The Morgan fingerprint density at radius 1 is 1.30 bits per heavy atom. The van der Waals surface area contributed by atoms with Crippen LogP contribution in [0.25, 0.3) is 0 Å². The summed E-state index contributed by atoms with van der Waals surface area (Å²) in [4.78, 5) is 13.2. The van der Waals surface area contributed by atoms with Crippen molar-refractivity contribution in [3.8, 4) is 0 Å². The van der Waals surface area contributed by atoms with E-state index in [1.807, 2.05) is 12.1 Å². The standard InChI is InChI=1S/C16H17NO2S/c18-14-10-12(16-4-1-7-19-16)9-13(11-14)17-6-5-15-3-2-8-20-15/h1-4,7-8,11-12,17H,5-6,9-10H2. The normalized spacial score (nSPS) is 18.9. The first-order valence-corrected chi connectivity index (χ1v) is 7.72. The molecule has 2 aromatic rings. The van der Waals surface area contributed by atoms with E-state index in [0.29, 0.717) is 6.42 Å². The minimum Gasteiger partial charge on any atom is -0.469 e. The molecule has 2 heterocycles. The van der Waals surface area contributed by atoms with Gasteiger partial charge in [-0.15, -0.1) is 11.3 Å². The number of nitrogens with one attached hydrogen (secondary N) is 1. The molecular formula is C16H17NO2S. The topological polar surface area (TPSA) is 42.2 Å². The molecule has 1 aliphatic carbocycles. The number of carbonyl (C=O) groups excluding carboxylic acids is 1. The maximum absolute atomic E-state index is 11.8. The maximum atomic E-state index is 11.8. The molecule has 0 amide bonds. The Kier molecular flexibility index (Phi) is 4.02. The largest absolute Gasteiger partial charge is 0.469 e. The molecule has 0 saturated carbocycles. The van der Waals surface area contributed by atoms with Crippen molar-refractivity contribution >= 4 is 17.1 Å². The van der Waals surface area contributed by atoms with Crippen LogP contribution in [-0.2, 0) is 11.2 Å². The molecule has 0 spiro atoms. The van der Waals surface area contributed by atoms with Gasteiger partial charge in [0.25, 0.3) is 0 Å². The van der Waals surface area contributed by atoms with Gasteiger partial charge in [-0.05, 0) is 36.4 Å². The third-order valence-electron chi connectivity index (χ3n) is 3.50. The number of ketones is 1. The van der Waals surface area contributed by atoms with Gasteiger partial charge in [0.15, 0.2) is 5.78 Å². The number of carbonyl (C=O) groups is 1. The van der Waals surface area contributed by atoms with E-state index >= 15 is 0 Å². The molecule has 0 saturated heterocycles. The van der Waals surface area contributed by atoms with E-state index in [1.165, 1.54) is 4.88 Å². The van der Waals surface area contributed by atoms with E-state index in [1.54, 1.807) is 23.7 Å². The zero-order valence-corrected chi connectivity index (χ0v) is 12.0. The first-order chi connectivity index (χ1) is 9.81. The number of hydrogen-bond donors (Lipinski definition) is 1. The molecule has 104 valence electrons. The third kappa shape index (κ3) is 3.20. The quantitative estimate of drug-likeness (QED) is 0.915. The summed E-state index contributed by atoms with van der Waals surface area (Å²) < 4.78 is 5.43. The van der Waals surface area contributed by atoms with Gasteiger partial charge in [0.2, 0.25) is 0 Å². The van der Waals surface area contributed by atoms with Crippen molar-refractivity contribution in [2.24, 2.45) is 0 Å². The lowest BCUT2D eigenvalue weighted by Crippen LogP contribution is -2.23. The van der Waals surface area contributed by atoms with Gasteiger partial charge in [0.1, 0.15) is 5.76 Å². The second-order valence-corrected chi connectivity index (χ2v) is 6.04. The summed E-state index contributed by atoms with van der Waals surface area (Å²) in [6.45, 7) is 0.866. The van der Waals surface area contributed by atoms with Crippen LogP contribution in [0.15, 0.2) is 52.1 Å². The predicted molar refractivity (Wildman–Crippen MR) is 79.8 cm³/mol. The van der Waals surface area contributed by atoms with Gasteiger partial charge in [-0.2, -0.15) is 0 Å². The molecule has 1 N–H and O–H groups in total. The smallest absolute Gasteiger partial charge is 0.158 e. The molecule has 3 nitrogen and oxygen atoms in total. The monoisotopic (exact) mass is 287 g/mol. The molecule has 2 aromatic heterocycles. The van der Waals surface area contributed by atoms with Gasteiger partial charge in [-0.1, -0.05) is 6.07 Å². The predicted octanol–water partition coefficient (Wildman–Crippen LogP) is 3.50. The lowest BCUT2D eigenvalue weighted by Gasteiger charge is -2.21. The van der Waals surface area contributed by atoms with Crippen LogP contribution in [-0.4, -0.2) is 12.3 Å². The van der Waals surface area contributed by atoms with Crippen LogP contribution in [0.3, 0.4) is 0 Å².